The summed E-state index contributed by atoms with van der Waals surface area (Å²) in [6.07, 6.45) is 0.774. The molecular weight excluding hydrogens is 354 g/mol. The number of ether oxygens (including phenoxy) is 1. The number of carboxylic acid groups (broad SMARTS) is 1. The van der Waals surface area contributed by atoms with Crippen LogP contribution in [-0.2, 0) is 11.4 Å². The van der Waals surface area contributed by atoms with Crippen LogP contribution in [0.25, 0.3) is 0 Å². The number of amides is 2. The highest BCUT2D eigenvalue weighted by Crippen LogP contribution is 2.30. The lowest BCUT2D eigenvalue weighted by molar-refractivity contribution is -0.114. The van der Waals surface area contributed by atoms with Gasteiger partial charge in [0, 0.05) is 37.0 Å². The van der Waals surface area contributed by atoms with Crippen molar-refractivity contribution in [3.05, 3.63) is 40.3 Å². The molecule has 2 heterocycles. The zero-order valence-electron chi connectivity index (χ0n) is 14.5. The van der Waals surface area contributed by atoms with E-state index < -0.39 is 6.09 Å². The molecule has 1 fully saturated rings. The van der Waals surface area contributed by atoms with Crippen LogP contribution in [0.3, 0.4) is 0 Å². The van der Waals surface area contributed by atoms with E-state index in [2.05, 4.69) is 10.3 Å². The molecule has 138 valence electrons. The summed E-state index contributed by atoms with van der Waals surface area (Å²) in [7, 11) is 0. The van der Waals surface area contributed by atoms with Crippen LogP contribution >= 0.6 is 11.3 Å². The third kappa shape index (κ3) is 4.72. The van der Waals surface area contributed by atoms with Crippen molar-refractivity contribution in [2.24, 2.45) is 0 Å². The Bertz CT molecular complexity index is 767. The molecule has 26 heavy (non-hydrogen) atoms. The minimum atomic E-state index is -0.846. The zero-order chi connectivity index (χ0) is 18.5. The lowest BCUT2D eigenvalue weighted by Crippen LogP contribution is -2.36. The van der Waals surface area contributed by atoms with E-state index in [1.54, 1.807) is 35.6 Å². The van der Waals surface area contributed by atoms with Crippen molar-refractivity contribution >= 4 is 29.0 Å². The number of nitrogens with zero attached hydrogens (tertiary/aromatic N) is 2. The third-order valence-corrected chi connectivity index (χ3v) is 5.30. The van der Waals surface area contributed by atoms with Gasteiger partial charge in [-0.3, -0.25) is 4.79 Å². The number of piperidine rings is 1. The standard InChI is InChI=1S/C18H21N3O4S/c1-12(22)19-14-2-4-16(5-3-14)25-10-15-11-26-17(20-15)13-6-8-21(9-7-13)18(23)24/h2-5,11,13H,6-10H2,1H3,(H,19,22)(H,23,24). The number of anilines is 1. The maximum Gasteiger partial charge on any atom is 0.407 e. The van der Waals surface area contributed by atoms with E-state index in [4.69, 9.17) is 9.84 Å². The van der Waals surface area contributed by atoms with E-state index in [0.717, 1.165) is 29.2 Å². The molecule has 1 aromatic heterocycles. The molecule has 0 aliphatic carbocycles. The molecule has 0 radical (unpaired) electrons. The number of hydrogen-bond donors (Lipinski definition) is 2. The summed E-state index contributed by atoms with van der Waals surface area (Å²) in [6, 6.07) is 7.19. The Labute approximate surface area is 155 Å². The summed E-state index contributed by atoms with van der Waals surface area (Å²) in [4.78, 5) is 28.1. The number of carbonyl (C=O) groups is 2. The molecule has 1 aliphatic heterocycles. The summed E-state index contributed by atoms with van der Waals surface area (Å²) >= 11 is 1.61. The van der Waals surface area contributed by atoms with E-state index in [1.165, 1.54) is 11.8 Å². The van der Waals surface area contributed by atoms with Gasteiger partial charge in [0.15, 0.2) is 0 Å². The zero-order valence-corrected chi connectivity index (χ0v) is 15.3. The fourth-order valence-corrected chi connectivity index (χ4v) is 3.86. The molecule has 8 heteroatoms. The summed E-state index contributed by atoms with van der Waals surface area (Å²) in [5, 5.41) is 14.8. The minimum Gasteiger partial charge on any atom is -0.487 e. The van der Waals surface area contributed by atoms with E-state index in [1.807, 2.05) is 5.38 Å². The molecule has 7 nitrogen and oxygen atoms in total. The summed E-state index contributed by atoms with van der Waals surface area (Å²) in [5.74, 6) is 0.924. The maximum atomic E-state index is 11.0. The molecule has 2 aromatic rings. The van der Waals surface area contributed by atoms with Gasteiger partial charge in [0.1, 0.15) is 12.4 Å². The Hall–Kier alpha value is -2.61. The van der Waals surface area contributed by atoms with Crippen LogP contribution in [0.1, 0.15) is 36.4 Å². The molecule has 2 amide bonds. The second-order valence-corrected chi connectivity index (χ2v) is 7.10. The number of thiazole rings is 1. The molecule has 0 unspecified atom stereocenters. The topological polar surface area (TPSA) is 91.8 Å². The SMILES string of the molecule is CC(=O)Nc1ccc(OCc2csc(C3CCN(C(=O)O)CC3)n2)cc1. The van der Waals surface area contributed by atoms with Crippen molar-refractivity contribution < 1.29 is 19.4 Å². The van der Waals surface area contributed by atoms with Crippen LogP contribution in [-0.4, -0.2) is 40.1 Å². The van der Waals surface area contributed by atoms with Crippen LogP contribution < -0.4 is 10.1 Å². The Morgan fingerprint density at radius 1 is 1.31 bits per heavy atom. The second-order valence-electron chi connectivity index (χ2n) is 6.22. The van der Waals surface area contributed by atoms with E-state index >= 15 is 0 Å². The highest BCUT2D eigenvalue weighted by molar-refractivity contribution is 7.09. The van der Waals surface area contributed by atoms with Crippen molar-refractivity contribution in [1.82, 2.24) is 9.88 Å². The van der Waals surface area contributed by atoms with Crippen LogP contribution in [0.15, 0.2) is 29.6 Å². The lowest BCUT2D eigenvalue weighted by Gasteiger charge is -2.28. The van der Waals surface area contributed by atoms with Crippen LogP contribution in [0.2, 0.25) is 0 Å². The Kier molecular flexibility index (Phi) is 5.72. The van der Waals surface area contributed by atoms with E-state index in [-0.39, 0.29) is 5.91 Å². The molecule has 1 aromatic carbocycles. The van der Waals surface area contributed by atoms with E-state index in [9.17, 15) is 9.59 Å². The number of benzene rings is 1. The van der Waals surface area contributed by atoms with Gasteiger partial charge < -0.3 is 20.1 Å². The fraction of sp³-hybridized carbons (Fsp3) is 0.389. The fourth-order valence-electron chi connectivity index (χ4n) is 2.89. The van der Waals surface area contributed by atoms with Gasteiger partial charge in [0.05, 0.1) is 10.7 Å². The monoisotopic (exact) mass is 375 g/mol. The molecule has 0 spiro atoms. The van der Waals surface area contributed by atoms with Crippen molar-refractivity contribution in [2.45, 2.75) is 32.3 Å². The molecule has 2 N–H and O–H groups in total. The van der Waals surface area contributed by atoms with Crippen LogP contribution in [0, 0.1) is 0 Å². The molecule has 1 saturated heterocycles. The van der Waals surface area contributed by atoms with Crippen molar-refractivity contribution in [1.29, 1.82) is 0 Å². The summed E-state index contributed by atoms with van der Waals surface area (Å²) < 4.78 is 5.75. The van der Waals surface area contributed by atoms with Crippen molar-refractivity contribution in [3.8, 4) is 5.75 Å². The molecular formula is C18H21N3O4S. The maximum absolute atomic E-state index is 11.0. The smallest absolute Gasteiger partial charge is 0.407 e. The number of hydrogen-bond acceptors (Lipinski definition) is 5. The average molecular weight is 375 g/mol. The summed E-state index contributed by atoms with van der Waals surface area (Å²) in [5.41, 5.74) is 1.60. The van der Waals surface area contributed by atoms with Crippen molar-refractivity contribution in [2.75, 3.05) is 18.4 Å². The Balaban J connectivity index is 1.51. The van der Waals surface area contributed by atoms with Gasteiger partial charge in [-0.2, -0.15) is 0 Å². The van der Waals surface area contributed by atoms with Crippen LogP contribution in [0.4, 0.5) is 10.5 Å². The predicted octanol–water partition coefficient (Wildman–Crippen LogP) is 3.54. The summed E-state index contributed by atoms with van der Waals surface area (Å²) in [6.45, 7) is 2.97. The number of likely N-dealkylation sites (tertiary alicyclic amines) is 1. The first-order valence-electron chi connectivity index (χ1n) is 8.44. The molecule has 1 aliphatic rings. The molecule has 0 atom stereocenters. The van der Waals surface area contributed by atoms with Gasteiger partial charge in [-0.25, -0.2) is 9.78 Å². The van der Waals surface area contributed by atoms with Gasteiger partial charge in [-0.15, -0.1) is 11.3 Å². The number of carbonyl (C=O) groups excluding carboxylic acids is 1. The van der Waals surface area contributed by atoms with Gasteiger partial charge in [-0.1, -0.05) is 0 Å². The molecule has 0 saturated carbocycles. The molecule has 3 rings (SSSR count). The third-order valence-electron chi connectivity index (χ3n) is 4.25. The largest absolute Gasteiger partial charge is 0.487 e. The lowest BCUT2D eigenvalue weighted by atomic mass is 9.98. The second kappa shape index (κ2) is 8.18. The first-order chi connectivity index (χ1) is 12.5. The Morgan fingerprint density at radius 3 is 2.62 bits per heavy atom. The van der Waals surface area contributed by atoms with Gasteiger partial charge in [0.2, 0.25) is 5.91 Å². The van der Waals surface area contributed by atoms with Gasteiger partial charge in [0.25, 0.3) is 0 Å². The van der Waals surface area contributed by atoms with E-state index in [0.29, 0.717) is 31.4 Å². The highest BCUT2D eigenvalue weighted by atomic mass is 32.1. The normalized spacial score (nSPS) is 14.9. The quantitative estimate of drug-likeness (QED) is 0.834. The highest BCUT2D eigenvalue weighted by Gasteiger charge is 2.25. The first-order valence-corrected chi connectivity index (χ1v) is 9.32. The van der Waals surface area contributed by atoms with Crippen LogP contribution in [0.5, 0.6) is 5.75 Å². The predicted molar refractivity (Wildman–Crippen MR) is 98.8 cm³/mol. The minimum absolute atomic E-state index is 0.108. The molecule has 0 bridgehead atoms. The first kappa shape index (κ1) is 18.2. The number of aromatic nitrogens is 1. The van der Waals surface area contributed by atoms with Gasteiger partial charge >= 0.3 is 6.09 Å². The number of rotatable bonds is 5. The Morgan fingerprint density at radius 2 is 2.00 bits per heavy atom. The van der Waals surface area contributed by atoms with Gasteiger partial charge in [-0.05, 0) is 37.1 Å². The van der Waals surface area contributed by atoms with Crippen molar-refractivity contribution in [3.63, 3.8) is 0 Å². The average Bonchev–Trinajstić information content (AvgIpc) is 3.10. The number of nitrogens with one attached hydrogen (secondary N) is 1.